The standard InChI is InChI=1S/C10H12N4O2/c15-10(16)9-6-14(8-12-9)4-1-3-13-5-2-11-7-13/h2,5-8H,1,3-4H2,(H,15,16). The first-order chi connectivity index (χ1) is 7.75. The molecule has 2 aromatic heterocycles. The normalized spacial score (nSPS) is 10.5. The Morgan fingerprint density at radius 2 is 2.12 bits per heavy atom. The molecule has 0 spiro atoms. The van der Waals surface area contributed by atoms with Crippen molar-refractivity contribution >= 4 is 5.97 Å². The van der Waals surface area contributed by atoms with Crippen LogP contribution in [-0.2, 0) is 13.1 Å². The van der Waals surface area contributed by atoms with Crippen LogP contribution in [0.25, 0.3) is 0 Å². The van der Waals surface area contributed by atoms with E-state index in [1.165, 1.54) is 12.5 Å². The predicted octanol–water partition coefficient (Wildman–Crippen LogP) is 0.868. The highest BCUT2D eigenvalue weighted by Crippen LogP contribution is 1.99. The van der Waals surface area contributed by atoms with E-state index < -0.39 is 5.97 Å². The zero-order valence-corrected chi connectivity index (χ0v) is 8.65. The van der Waals surface area contributed by atoms with E-state index in [4.69, 9.17) is 5.11 Å². The van der Waals surface area contributed by atoms with Crippen LogP contribution < -0.4 is 0 Å². The number of hydrogen-bond acceptors (Lipinski definition) is 3. The van der Waals surface area contributed by atoms with Crippen LogP contribution in [0, 0.1) is 0 Å². The Bertz CT molecular complexity index is 461. The molecule has 0 aliphatic heterocycles. The molecule has 0 aromatic carbocycles. The average Bonchev–Trinajstić information content (AvgIpc) is 2.87. The third kappa shape index (κ3) is 2.47. The third-order valence-corrected chi connectivity index (χ3v) is 2.24. The summed E-state index contributed by atoms with van der Waals surface area (Å²) >= 11 is 0. The molecule has 0 fully saturated rings. The minimum atomic E-state index is -0.992. The minimum Gasteiger partial charge on any atom is -0.476 e. The van der Waals surface area contributed by atoms with Crippen molar-refractivity contribution in [2.24, 2.45) is 0 Å². The van der Waals surface area contributed by atoms with Gasteiger partial charge in [-0.05, 0) is 6.42 Å². The second kappa shape index (κ2) is 4.61. The smallest absolute Gasteiger partial charge is 0.356 e. The molecular weight excluding hydrogens is 208 g/mol. The zero-order valence-electron chi connectivity index (χ0n) is 8.65. The van der Waals surface area contributed by atoms with Crippen LogP contribution in [0.4, 0.5) is 0 Å². The Balaban J connectivity index is 1.83. The number of imidazole rings is 2. The van der Waals surface area contributed by atoms with E-state index >= 15 is 0 Å². The zero-order chi connectivity index (χ0) is 11.4. The van der Waals surface area contributed by atoms with E-state index in [9.17, 15) is 4.79 Å². The first-order valence-corrected chi connectivity index (χ1v) is 4.96. The summed E-state index contributed by atoms with van der Waals surface area (Å²) in [6.07, 6.45) is 9.38. The number of carboxylic acids is 1. The molecule has 2 aromatic rings. The summed E-state index contributed by atoms with van der Waals surface area (Å²) in [4.78, 5) is 18.3. The summed E-state index contributed by atoms with van der Waals surface area (Å²) in [5.74, 6) is -0.992. The lowest BCUT2D eigenvalue weighted by Crippen LogP contribution is -2.01. The predicted molar refractivity (Wildman–Crippen MR) is 56.0 cm³/mol. The number of hydrogen-bond donors (Lipinski definition) is 1. The van der Waals surface area contributed by atoms with Crippen molar-refractivity contribution < 1.29 is 9.90 Å². The Hall–Kier alpha value is -2.11. The van der Waals surface area contributed by atoms with Gasteiger partial charge in [0, 0.05) is 31.7 Å². The Morgan fingerprint density at radius 1 is 1.31 bits per heavy atom. The summed E-state index contributed by atoms with van der Waals surface area (Å²) < 4.78 is 3.76. The maximum Gasteiger partial charge on any atom is 0.356 e. The lowest BCUT2D eigenvalue weighted by molar-refractivity contribution is 0.0691. The third-order valence-electron chi connectivity index (χ3n) is 2.24. The molecule has 6 nitrogen and oxygen atoms in total. The fourth-order valence-electron chi connectivity index (χ4n) is 1.45. The van der Waals surface area contributed by atoms with Gasteiger partial charge in [0.25, 0.3) is 0 Å². The number of aromatic nitrogens is 4. The van der Waals surface area contributed by atoms with Crippen molar-refractivity contribution in [1.29, 1.82) is 0 Å². The lowest BCUT2D eigenvalue weighted by Gasteiger charge is -2.02. The second-order valence-corrected chi connectivity index (χ2v) is 3.46. The molecule has 0 amide bonds. The molecule has 0 radical (unpaired) electrons. The van der Waals surface area contributed by atoms with Gasteiger partial charge in [-0.3, -0.25) is 0 Å². The van der Waals surface area contributed by atoms with E-state index in [1.807, 2.05) is 10.8 Å². The highest BCUT2D eigenvalue weighted by Gasteiger charge is 2.05. The summed E-state index contributed by atoms with van der Waals surface area (Å²) in [6.45, 7) is 1.61. The van der Waals surface area contributed by atoms with E-state index in [2.05, 4.69) is 9.97 Å². The van der Waals surface area contributed by atoms with Crippen LogP contribution in [0.15, 0.2) is 31.2 Å². The topological polar surface area (TPSA) is 72.9 Å². The maximum absolute atomic E-state index is 10.6. The molecule has 0 unspecified atom stereocenters. The van der Waals surface area contributed by atoms with Crippen molar-refractivity contribution in [3.05, 3.63) is 36.9 Å². The van der Waals surface area contributed by atoms with Crippen LogP contribution in [0.5, 0.6) is 0 Å². The average molecular weight is 220 g/mol. The van der Waals surface area contributed by atoms with Gasteiger partial charge in [0.15, 0.2) is 5.69 Å². The molecule has 0 saturated heterocycles. The first kappa shape index (κ1) is 10.4. The second-order valence-electron chi connectivity index (χ2n) is 3.46. The van der Waals surface area contributed by atoms with E-state index in [0.29, 0.717) is 0 Å². The highest BCUT2D eigenvalue weighted by atomic mass is 16.4. The van der Waals surface area contributed by atoms with E-state index in [-0.39, 0.29) is 5.69 Å². The first-order valence-electron chi connectivity index (χ1n) is 4.96. The van der Waals surface area contributed by atoms with Crippen LogP contribution in [0.3, 0.4) is 0 Å². The molecule has 1 N–H and O–H groups in total. The van der Waals surface area contributed by atoms with Crippen LogP contribution >= 0.6 is 0 Å². The number of rotatable bonds is 5. The summed E-state index contributed by atoms with van der Waals surface area (Å²) in [7, 11) is 0. The molecule has 0 aliphatic carbocycles. The number of aromatic carboxylic acids is 1. The molecule has 16 heavy (non-hydrogen) atoms. The van der Waals surface area contributed by atoms with Crippen LogP contribution in [0.1, 0.15) is 16.9 Å². The van der Waals surface area contributed by atoms with E-state index in [0.717, 1.165) is 19.5 Å². The van der Waals surface area contributed by atoms with E-state index in [1.54, 1.807) is 17.1 Å². The molecule has 0 saturated carbocycles. The quantitative estimate of drug-likeness (QED) is 0.811. The molecule has 0 aliphatic rings. The number of nitrogens with zero attached hydrogens (tertiary/aromatic N) is 4. The SMILES string of the molecule is O=C(O)c1cn(CCCn2ccnc2)cn1. The fraction of sp³-hybridized carbons (Fsp3) is 0.300. The molecule has 6 heteroatoms. The molecule has 0 atom stereocenters. The Kier molecular flexibility index (Phi) is 3.00. The number of carboxylic acid groups (broad SMARTS) is 1. The van der Waals surface area contributed by atoms with Gasteiger partial charge in [0.1, 0.15) is 0 Å². The van der Waals surface area contributed by atoms with Crippen LogP contribution in [0.2, 0.25) is 0 Å². The molecule has 84 valence electrons. The minimum absolute atomic E-state index is 0.0858. The Labute approximate surface area is 92.2 Å². The van der Waals surface area contributed by atoms with Gasteiger partial charge in [-0.25, -0.2) is 14.8 Å². The Morgan fingerprint density at radius 3 is 2.75 bits per heavy atom. The number of carbonyl (C=O) groups is 1. The van der Waals surface area contributed by atoms with Crippen molar-refractivity contribution in [2.45, 2.75) is 19.5 Å². The molecule has 0 bridgehead atoms. The molecule has 2 rings (SSSR count). The van der Waals surface area contributed by atoms with Crippen molar-refractivity contribution in [2.75, 3.05) is 0 Å². The summed E-state index contributed by atoms with van der Waals surface area (Å²) in [5, 5.41) is 8.69. The van der Waals surface area contributed by atoms with Crippen molar-refractivity contribution in [1.82, 2.24) is 19.1 Å². The monoisotopic (exact) mass is 220 g/mol. The van der Waals surface area contributed by atoms with Gasteiger partial charge in [0.05, 0.1) is 12.7 Å². The van der Waals surface area contributed by atoms with Gasteiger partial charge in [-0.2, -0.15) is 0 Å². The van der Waals surface area contributed by atoms with Gasteiger partial charge < -0.3 is 14.2 Å². The number of aryl methyl sites for hydroxylation is 2. The molecular formula is C10H12N4O2. The fourth-order valence-corrected chi connectivity index (χ4v) is 1.45. The van der Waals surface area contributed by atoms with Gasteiger partial charge in [-0.15, -0.1) is 0 Å². The van der Waals surface area contributed by atoms with Gasteiger partial charge >= 0.3 is 5.97 Å². The summed E-state index contributed by atoms with van der Waals surface area (Å²) in [5.41, 5.74) is 0.0858. The molecule has 2 heterocycles. The van der Waals surface area contributed by atoms with Gasteiger partial charge in [-0.1, -0.05) is 0 Å². The highest BCUT2D eigenvalue weighted by molar-refractivity contribution is 5.84. The lowest BCUT2D eigenvalue weighted by atomic mass is 10.4. The van der Waals surface area contributed by atoms with Crippen molar-refractivity contribution in [3.8, 4) is 0 Å². The van der Waals surface area contributed by atoms with Gasteiger partial charge in [0.2, 0.25) is 0 Å². The van der Waals surface area contributed by atoms with Crippen LogP contribution in [-0.4, -0.2) is 30.2 Å². The summed E-state index contributed by atoms with van der Waals surface area (Å²) in [6, 6.07) is 0. The largest absolute Gasteiger partial charge is 0.476 e. The maximum atomic E-state index is 10.6. The van der Waals surface area contributed by atoms with Crippen molar-refractivity contribution in [3.63, 3.8) is 0 Å².